The molecule has 0 aliphatic rings. The van der Waals surface area contributed by atoms with E-state index in [1.54, 1.807) is 35.3 Å². The molecule has 0 radical (unpaired) electrons. The summed E-state index contributed by atoms with van der Waals surface area (Å²) in [5.74, 6) is 0.379. The number of aromatic nitrogens is 4. The molecule has 142 valence electrons. The van der Waals surface area contributed by atoms with Crippen molar-refractivity contribution < 1.29 is 9.53 Å². The third-order valence-electron chi connectivity index (χ3n) is 3.81. The Labute approximate surface area is 170 Å². The van der Waals surface area contributed by atoms with Crippen LogP contribution in [0.2, 0.25) is 5.02 Å². The number of nitrogens with one attached hydrogen (secondary N) is 1. The first kappa shape index (κ1) is 18.4. The fourth-order valence-electron chi connectivity index (χ4n) is 2.57. The maximum Gasteiger partial charge on any atom is 0.322 e. The summed E-state index contributed by atoms with van der Waals surface area (Å²) < 4.78 is 7.35. The van der Waals surface area contributed by atoms with Gasteiger partial charge in [-0.2, -0.15) is 10.1 Å². The smallest absolute Gasteiger partial charge is 0.322 e. The van der Waals surface area contributed by atoms with E-state index in [9.17, 15) is 4.79 Å². The number of rotatable bonds is 5. The van der Waals surface area contributed by atoms with E-state index in [2.05, 4.69) is 20.4 Å². The largest absolute Gasteiger partial charge is 0.423 e. The summed E-state index contributed by atoms with van der Waals surface area (Å²) in [6, 6.07) is 9.17. The number of carbonyl (C=O) groups is 1. The minimum Gasteiger partial charge on any atom is -0.423 e. The first-order chi connectivity index (χ1) is 13.5. The van der Waals surface area contributed by atoms with Crippen molar-refractivity contribution in [2.24, 2.45) is 0 Å². The minimum absolute atomic E-state index is 0.0773. The summed E-state index contributed by atoms with van der Waals surface area (Å²) in [5, 5.41) is 9.60. The van der Waals surface area contributed by atoms with Crippen LogP contribution in [0.15, 0.2) is 48.1 Å². The Morgan fingerprint density at radius 3 is 2.89 bits per heavy atom. The van der Waals surface area contributed by atoms with Gasteiger partial charge in [0.1, 0.15) is 16.8 Å². The van der Waals surface area contributed by atoms with Gasteiger partial charge in [0.25, 0.3) is 5.91 Å². The van der Waals surface area contributed by atoms with Gasteiger partial charge in [-0.25, -0.2) is 9.67 Å². The van der Waals surface area contributed by atoms with Gasteiger partial charge in [-0.15, -0.1) is 11.3 Å². The van der Waals surface area contributed by atoms with Gasteiger partial charge in [-0.3, -0.25) is 4.79 Å². The topological polar surface area (TPSA) is 81.9 Å². The Hall–Kier alpha value is -2.97. The maximum absolute atomic E-state index is 12.2. The van der Waals surface area contributed by atoms with Crippen LogP contribution in [-0.4, -0.2) is 31.7 Å². The van der Waals surface area contributed by atoms with Crippen molar-refractivity contribution in [3.63, 3.8) is 0 Å². The van der Waals surface area contributed by atoms with Crippen LogP contribution in [0.3, 0.4) is 0 Å². The Morgan fingerprint density at radius 1 is 1.29 bits per heavy atom. The number of halogens is 1. The highest BCUT2D eigenvalue weighted by Crippen LogP contribution is 2.28. The van der Waals surface area contributed by atoms with E-state index < -0.39 is 0 Å². The average Bonchev–Trinajstić information content (AvgIpc) is 3.29. The minimum atomic E-state index is -0.102. The zero-order chi connectivity index (χ0) is 19.7. The van der Waals surface area contributed by atoms with Crippen molar-refractivity contribution in [1.29, 1.82) is 0 Å². The van der Waals surface area contributed by atoms with E-state index in [0.29, 0.717) is 26.7 Å². The predicted molar refractivity (Wildman–Crippen MR) is 109 cm³/mol. The van der Waals surface area contributed by atoms with Gasteiger partial charge in [0.05, 0.1) is 28.0 Å². The summed E-state index contributed by atoms with van der Waals surface area (Å²) in [4.78, 5) is 21.4. The van der Waals surface area contributed by atoms with Crippen LogP contribution >= 0.6 is 22.9 Å². The molecule has 0 fully saturated rings. The lowest BCUT2D eigenvalue weighted by Gasteiger charge is -2.06. The molecule has 9 heteroatoms. The number of para-hydroxylation sites is 1. The van der Waals surface area contributed by atoms with Gasteiger partial charge in [0, 0.05) is 11.4 Å². The Morgan fingerprint density at radius 2 is 2.11 bits per heavy atom. The highest BCUT2D eigenvalue weighted by molar-refractivity contribution is 7.12. The predicted octanol–water partition coefficient (Wildman–Crippen LogP) is 4.46. The summed E-state index contributed by atoms with van der Waals surface area (Å²) in [7, 11) is 0. The van der Waals surface area contributed by atoms with E-state index in [0.717, 1.165) is 5.69 Å². The lowest BCUT2D eigenvalue weighted by atomic mass is 10.3. The number of carbonyl (C=O) groups excluding carboxylic acids is 1. The second-order valence-corrected chi connectivity index (χ2v) is 7.63. The van der Waals surface area contributed by atoms with Gasteiger partial charge in [0.15, 0.2) is 0 Å². The summed E-state index contributed by atoms with van der Waals surface area (Å²) in [5.41, 5.74) is 2.11. The molecule has 1 amide bonds. The summed E-state index contributed by atoms with van der Waals surface area (Å²) >= 11 is 7.47. The fraction of sp³-hybridized carbons (Fsp3) is 0.158. The molecular weight excluding hydrogens is 398 g/mol. The standard InChI is InChI=1S/C19H16ClN5O2S/c1-11(2)23-18(26)17-7-12(10-28-17)25-15-9-21-19(24-14(15)8-22-25)27-16-6-4-3-5-13(16)20/h3-11H,1-2H3,(H,23,26). The number of ether oxygens (including phenoxy) is 1. The van der Waals surface area contributed by atoms with Gasteiger partial charge in [0.2, 0.25) is 0 Å². The quantitative estimate of drug-likeness (QED) is 0.522. The van der Waals surface area contributed by atoms with Crippen LogP contribution in [0, 0.1) is 0 Å². The maximum atomic E-state index is 12.2. The molecule has 0 aliphatic carbocycles. The third-order valence-corrected chi connectivity index (χ3v) is 5.04. The van der Waals surface area contributed by atoms with E-state index in [4.69, 9.17) is 16.3 Å². The van der Waals surface area contributed by atoms with Crippen molar-refractivity contribution >= 4 is 39.9 Å². The van der Waals surface area contributed by atoms with Crippen LogP contribution in [0.25, 0.3) is 16.7 Å². The number of hydrogen-bond acceptors (Lipinski definition) is 6. The number of benzene rings is 1. The van der Waals surface area contributed by atoms with Crippen molar-refractivity contribution in [2.75, 3.05) is 0 Å². The number of amides is 1. The van der Waals surface area contributed by atoms with Gasteiger partial charge < -0.3 is 10.1 Å². The van der Waals surface area contributed by atoms with Crippen molar-refractivity contribution in [1.82, 2.24) is 25.1 Å². The normalized spacial score (nSPS) is 11.1. The lowest BCUT2D eigenvalue weighted by molar-refractivity contribution is 0.0947. The molecule has 0 bridgehead atoms. The monoisotopic (exact) mass is 413 g/mol. The van der Waals surface area contributed by atoms with Crippen molar-refractivity contribution in [3.05, 3.63) is 58.0 Å². The van der Waals surface area contributed by atoms with Crippen LogP contribution in [0.4, 0.5) is 0 Å². The number of hydrogen-bond donors (Lipinski definition) is 1. The van der Waals surface area contributed by atoms with E-state index in [-0.39, 0.29) is 18.0 Å². The third kappa shape index (κ3) is 3.69. The molecule has 4 rings (SSSR count). The molecule has 1 aromatic carbocycles. The first-order valence-electron chi connectivity index (χ1n) is 8.54. The van der Waals surface area contributed by atoms with Gasteiger partial charge in [-0.05, 0) is 32.0 Å². The second kappa shape index (κ2) is 7.57. The van der Waals surface area contributed by atoms with Gasteiger partial charge >= 0.3 is 6.01 Å². The van der Waals surface area contributed by atoms with Gasteiger partial charge in [-0.1, -0.05) is 23.7 Å². The molecule has 3 aromatic heterocycles. The molecule has 0 saturated heterocycles. The van der Waals surface area contributed by atoms with E-state index >= 15 is 0 Å². The van der Waals surface area contributed by atoms with Crippen LogP contribution in [0.1, 0.15) is 23.5 Å². The van der Waals surface area contributed by atoms with Crippen LogP contribution < -0.4 is 10.1 Å². The molecule has 3 heterocycles. The summed E-state index contributed by atoms with van der Waals surface area (Å²) in [6.45, 7) is 3.85. The first-order valence-corrected chi connectivity index (χ1v) is 9.80. The summed E-state index contributed by atoms with van der Waals surface area (Å²) in [6.07, 6.45) is 3.26. The number of fused-ring (bicyclic) bond motifs is 1. The zero-order valence-corrected chi connectivity index (χ0v) is 16.7. The lowest BCUT2D eigenvalue weighted by Crippen LogP contribution is -2.29. The van der Waals surface area contributed by atoms with Crippen molar-refractivity contribution in [3.8, 4) is 17.4 Å². The molecule has 4 aromatic rings. The molecule has 0 aliphatic heterocycles. The van der Waals surface area contributed by atoms with E-state index in [1.165, 1.54) is 11.3 Å². The molecule has 0 unspecified atom stereocenters. The molecule has 7 nitrogen and oxygen atoms in total. The van der Waals surface area contributed by atoms with E-state index in [1.807, 2.05) is 31.4 Å². The highest BCUT2D eigenvalue weighted by Gasteiger charge is 2.14. The fourth-order valence-corrected chi connectivity index (χ4v) is 3.52. The molecule has 0 saturated carbocycles. The molecular formula is C19H16ClN5O2S. The second-order valence-electron chi connectivity index (χ2n) is 6.31. The van der Waals surface area contributed by atoms with Crippen molar-refractivity contribution in [2.45, 2.75) is 19.9 Å². The highest BCUT2D eigenvalue weighted by atomic mass is 35.5. The molecule has 0 spiro atoms. The SMILES string of the molecule is CC(C)NC(=O)c1cc(-n2ncc3nc(Oc4ccccc4Cl)ncc32)cs1. The molecule has 0 atom stereocenters. The number of nitrogens with zero attached hydrogens (tertiary/aromatic N) is 4. The zero-order valence-electron chi connectivity index (χ0n) is 15.1. The number of thiophene rings is 1. The Balaban J connectivity index is 1.61. The van der Waals surface area contributed by atoms with Crippen LogP contribution in [0.5, 0.6) is 11.8 Å². The average molecular weight is 414 g/mol. The molecule has 1 N–H and O–H groups in total. The van der Waals surface area contributed by atoms with Crippen LogP contribution in [-0.2, 0) is 0 Å². The Bertz CT molecular complexity index is 1150. The Kier molecular flexibility index (Phi) is 4.97. The molecule has 28 heavy (non-hydrogen) atoms.